The number of piperazine rings is 1. The number of aromatic nitrogens is 1. The zero-order valence-corrected chi connectivity index (χ0v) is 11.9. The number of rotatable bonds is 1. The molecule has 1 aromatic rings. The van der Waals surface area contributed by atoms with Crippen LogP contribution >= 0.6 is 0 Å². The third-order valence-corrected chi connectivity index (χ3v) is 4.28. The third kappa shape index (κ3) is 1.97. The number of carbonyl (C=O) groups is 2. The summed E-state index contributed by atoms with van der Waals surface area (Å²) in [6, 6.07) is 3.76. The van der Waals surface area contributed by atoms with Crippen LogP contribution in [0.2, 0.25) is 0 Å². The van der Waals surface area contributed by atoms with Crippen LogP contribution in [0.5, 0.6) is 0 Å². The molecule has 5 heteroatoms. The van der Waals surface area contributed by atoms with Crippen molar-refractivity contribution in [2.24, 2.45) is 0 Å². The van der Waals surface area contributed by atoms with Gasteiger partial charge in [0.05, 0.1) is 11.4 Å². The van der Waals surface area contributed by atoms with Crippen LogP contribution in [0.3, 0.4) is 0 Å². The fraction of sp³-hybridized carbons (Fsp3) is 0.533. The lowest BCUT2D eigenvalue weighted by Gasteiger charge is -2.40. The molecule has 1 N–H and O–H groups in total. The highest BCUT2D eigenvalue weighted by Crippen LogP contribution is 2.35. The van der Waals surface area contributed by atoms with Crippen LogP contribution in [-0.2, 0) is 9.59 Å². The molecule has 0 unspecified atom stereocenters. The van der Waals surface area contributed by atoms with E-state index in [-0.39, 0.29) is 18.4 Å². The summed E-state index contributed by atoms with van der Waals surface area (Å²) in [5.74, 6) is -0.0603. The Labute approximate surface area is 118 Å². The van der Waals surface area contributed by atoms with Gasteiger partial charge < -0.3 is 5.32 Å². The van der Waals surface area contributed by atoms with Gasteiger partial charge >= 0.3 is 0 Å². The minimum absolute atomic E-state index is 0.0170. The second-order valence-electron chi connectivity index (χ2n) is 5.79. The number of hydrogen-bond donors (Lipinski definition) is 1. The maximum Gasteiger partial charge on any atom is 0.253 e. The number of carbonyl (C=O) groups excluding carboxylic acids is 2. The molecule has 0 bridgehead atoms. The highest BCUT2D eigenvalue weighted by Gasteiger charge is 2.48. The van der Waals surface area contributed by atoms with Gasteiger partial charge in [-0.05, 0) is 38.8 Å². The van der Waals surface area contributed by atoms with Gasteiger partial charge in [-0.1, -0.05) is 12.8 Å². The van der Waals surface area contributed by atoms with Crippen LogP contribution in [0, 0.1) is 13.8 Å². The Hall–Kier alpha value is -1.91. The summed E-state index contributed by atoms with van der Waals surface area (Å²) in [5, 5.41) is 2.92. The quantitative estimate of drug-likeness (QED) is 0.843. The lowest BCUT2D eigenvalue weighted by atomic mass is 9.92. The molecular formula is C15H19N3O2. The fourth-order valence-corrected chi connectivity index (χ4v) is 3.31. The van der Waals surface area contributed by atoms with Crippen LogP contribution in [0.1, 0.15) is 37.1 Å². The molecule has 2 aliphatic rings. The molecule has 1 saturated heterocycles. The predicted octanol–water partition coefficient (Wildman–Crippen LogP) is 1.47. The Kier molecular flexibility index (Phi) is 3.00. The molecule has 2 amide bonds. The maximum atomic E-state index is 12.8. The van der Waals surface area contributed by atoms with Crippen molar-refractivity contribution >= 4 is 17.5 Å². The number of nitrogens with one attached hydrogen (secondary N) is 1. The van der Waals surface area contributed by atoms with Crippen molar-refractivity contribution in [1.82, 2.24) is 10.3 Å². The summed E-state index contributed by atoms with van der Waals surface area (Å²) in [7, 11) is 0. The van der Waals surface area contributed by atoms with Gasteiger partial charge in [-0.3, -0.25) is 19.5 Å². The molecule has 2 heterocycles. The first-order valence-electron chi connectivity index (χ1n) is 7.09. The number of anilines is 1. The first kappa shape index (κ1) is 13.1. The van der Waals surface area contributed by atoms with Gasteiger partial charge in [0.2, 0.25) is 5.91 Å². The van der Waals surface area contributed by atoms with Gasteiger partial charge in [-0.2, -0.15) is 0 Å². The Morgan fingerprint density at radius 1 is 1.20 bits per heavy atom. The van der Waals surface area contributed by atoms with E-state index < -0.39 is 5.54 Å². The van der Waals surface area contributed by atoms with E-state index in [1.807, 2.05) is 26.0 Å². The minimum Gasteiger partial charge on any atom is -0.340 e. The average molecular weight is 273 g/mol. The van der Waals surface area contributed by atoms with E-state index in [0.29, 0.717) is 0 Å². The van der Waals surface area contributed by atoms with E-state index in [1.165, 1.54) is 0 Å². The molecule has 2 fully saturated rings. The molecule has 5 nitrogen and oxygen atoms in total. The van der Waals surface area contributed by atoms with Gasteiger partial charge in [0.1, 0.15) is 12.1 Å². The van der Waals surface area contributed by atoms with Gasteiger partial charge in [0.25, 0.3) is 5.91 Å². The highest BCUT2D eigenvalue weighted by atomic mass is 16.2. The monoisotopic (exact) mass is 273 g/mol. The lowest BCUT2D eigenvalue weighted by Crippen LogP contribution is -2.65. The molecule has 1 saturated carbocycles. The summed E-state index contributed by atoms with van der Waals surface area (Å²) in [4.78, 5) is 30.8. The Morgan fingerprint density at radius 3 is 2.55 bits per heavy atom. The fourth-order valence-electron chi connectivity index (χ4n) is 3.31. The number of amides is 2. The maximum absolute atomic E-state index is 12.8. The van der Waals surface area contributed by atoms with Crippen molar-refractivity contribution in [3.8, 4) is 0 Å². The summed E-state index contributed by atoms with van der Waals surface area (Å²) in [6.45, 7) is 3.88. The first-order chi connectivity index (χ1) is 9.52. The van der Waals surface area contributed by atoms with Crippen LogP contribution in [0.25, 0.3) is 0 Å². The van der Waals surface area contributed by atoms with Gasteiger partial charge in [0.15, 0.2) is 0 Å². The van der Waals surface area contributed by atoms with Crippen molar-refractivity contribution in [1.29, 1.82) is 0 Å². The Bertz CT molecular complexity index is 576. The Morgan fingerprint density at radius 2 is 1.90 bits per heavy atom. The van der Waals surface area contributed by atoms with E-state index >= 15 is 0 Å². The molecule has 3 rings (SSSR count). The minimum atomic E-state index is -0.674. The topological polar surface area (TPSA) is 62.3 Å². The summed E-state index contributed by atoms with van der Waals surface area (Å²) in [6.07, 6.45) is 3.47. The predicted molar refractivity (Wildman–Crippen MR) is 75.4 cm³/mol. The summed E-state index contributed by atoms with van der Waals surface area (Å²) >= 11 is 0. The molecule has 1 aromatic heterocycles. The molecule has 20 heavy (non-hydrogen) atoms. The van der Waals surface area contributed by atoms with Crippen molar-refractivity contribution in [2.45, 2.75) is 45.1 Å². The standard InChI is InChI=1S/C15H19N3O2/c1-10-5-6-12(11(2)16-10)18-9-13(19)17-15(14(18)20)7-3-4-8-15/h5-6H,3-4,7-9H2,1-2H3,(H,17,19). The van der Waals surface area contributed by atoms with E-state index in [1.54, 1.807) is 4.90 Å². The highest BCUT2D eigenvalue weighted by molar-refractivity contribution is 6.09. The normalized spacial score (nSPS) is 21.4. The average Bonchev–Trinajstić information content (AvgIpc) is 2.84. The molecule has 0 atom stereocenters. The Balaban J connectivity index is 1.99. The summed E-state index contributed by atoms with van der Waals surface area (Å²) in [5.41, 5.74) is 1.78. The van der Waals surface area contributed by atoms with Crippen LogP contribution in [0.4, 0.5) is 5.69 Å². The molecule has 106 valence electrons. The lowest BCUT2D eigenvalue weighted by molar-refractivity contribution is -0.135. The molecular weight excluding hydrogens is 254 g/mol. The van der Waals surface area contributed by atoms with Crippen molar-refractivity contribution < 1.29 is 9.59 Å². The van der Waals surface area contributed by atoms with E-state index in [0.717, 1.165) is 42.8 Å². The zero-order valence-electron chi connectivity index (χ0n) is 11.9. The van der Waals surface area contributed by atoms with Crippen LogP contribution in [-0.4, -0.2) is 28.9 Å². The van der Waals surface area contributed by atoms with Gasteiger partial charge in [-0.15, -0.1) is 0 Å². The summed E-state index contributed by atoms with van der Waals surface area (Å²) < 4.78 is 0. The first-order valence-corrected chi connectivity index (χ1v) is 7.09. The number of nitrogens with zero attached hydrogens (tertiary/aromatic N) is 2. The van der Waals surface area contributed by atoms with Crippen molar-refractivity contribution in [3.05, 3.63) is 23.5 Å². The molecule has 0 aromatic carbocycles. The molecule has 1 aliphatic heterocycles. The number of pyridine rings is 1. The van der Waals surface area contributed by atoms with Gasteiger partial charge in [-0.25, -0.2) is 0 Å². The third-order valence-electron chi connectivity index (χ3n) is 4.28. The smallest absolute Gasteiger partial charge is 0.253 e. The second-order valence-corrected chi connectivity index (χ2v) is 5.79. The van der Waals surface area contributed by atoms with E-state index in [9.17, 15) is 9.59 Å². The number of aryl methyl sites for hydroxylation is 2. The van der Waals surface area contributed by atoms with Crippen LogP contribution in [0.15, 0.2) is 12.1 Å². The second kappa shape index (κ2) is 4.58. The van der Waals surface area contributed by atoms with Gasteiger partial charge in [0, 0.05) is 5.69 Å². The van der Waals surface area contributed by atoms with Crippen molar-refractivity contribution in [2.75, 3.05) is 11.4 Å². The van der Waals surface area contributed by atoms with Crippen molar-refractivity contribution in [3.63, 3.8) is 0 Å². The van der Waals surface area contributed by atoms with E-state index in [2.05, 4.69) is 10.3 Å². The number of hydrogen-bond acceptors (Lipinski definition) is 3. The molecule has 1 spiro atoms. The zero-order chi connectivity index (χ0) is 14.3. The van der Waals surface area contributed by atoms with E-state index in [4.69, 9.17) is 0 Å². The molecule has 1 aliphatic carbocycles. The van der Waals surface area contributed by atoms with Crippen LogP contribution < -0.4 is 10.2 Å². The SMILES string of the molecule is Cc1ccc(N2CC(=O)NC3(CCCC3)C2=O)c(C)n1. The molecule has 0 radical (unpaired) electrons. The largest absolute Gasteiger partial charge is 0.340 e.